The Kier molecular flexibility index (Phi) is 4.38. The number of sulfone groups is 1. The van der Waals surface area contributed by atoms with Gasteiger partial charge in [-0.25, -0.2) is 13.4 Å². The zero-order valence-electron chi connectivity index (χ0n) is 13.8. The van der Waals surface area contributed by atoms with Gasteiger partial charge in [0.15, 0.2) is 20.5 Å². The molecule has 0 fully saturated rings. The fourth-order valence-corrected chi connectivity index (χ4v) is 3.21. The fourth-order valence-electron chi connectivity index (χ4n) is 2.42. The van der Waals surface area contributed by atoms with E-state index in [-0.39, 0.29) is 16.5 Å². The standard InChI is InChI=1S/C17H18N2O5S/c1-3-25(21,22)16-9-8-14(11-18-16)23-15-10-17(2,24-19-15)12-4-6-13(20)7-5-12/h4-9,11,20H,3,10H2,1-2H3/t17-/m1/s1. The van der Waals surface area contributed by atoms with Crippen molar-refractivity contribution < 1.29 is 23.1 Å². The Morgan fingerprint density at radius 3 is 2.56 bits per heavy atom. The van der Waals surface area contributed by atoms with Crippen LogP contribution in [0, 0.1) is 0 Å². The first-order valence-electron chi connectivity index (χ1n) is 7.74. The van der Waals surface area contributed by atoms with E-state index >= 15 is 0 Å². The predicted molar refractivity (Wildman–Crippen MR) is 91.2 cm³/mol. The van der Waals surface area contributed by atoms with Crippen LogP contribution in [0.1, 0.15) is 25.8 Å². The molecule has 0 saturated carbocycles. The molecule has 0 spiro atoms. The van der Waals surface area contributed by atoms with Gasteiger partial charge in [-0.2, -0.15) is 0 Å². The summed E-state index contributed by atoms with van der Waals surface area (Å²) in [5.74, 6) is 0.915. The van der Waals surface area contributed by atoms with Crippen LogP contribution in [0.5, 0.6) is 11.5 Å². The summed E-state index contributed by atoms with van der Waals surface area (Å²) >= 11 is 0. The third kappa shape index (κ3) is 3.58. The van der Waals surface area contributed by atoms with E-state index in [4.69, 9.17) is 9.57 Å². The normalized spacial score (nSPS) is 20.0. The number of rotatable bonds is 4. The molecule has 8 heteroatoms. The molecule has 1 aromatic heterocycles. The summed E-state index contributed by atoms with van der Waals surface area (Å²) in [6, 6.07) is 9.64. The molecular weight excluding hydrogens is 344 g/mol. The molecule has 0 saturated heterocycles. The van der Waals surface area contributed by atoms with Crippen molar-refractivity contribution in [1.82, 2.24) is 4.98 Å². The highest BCUT2D eigenvalue weighted by Crippen LogP contribution is 2.35. The maximum absolute atomic E-state index is 11.8. The molecule has 0 aliphatic carbocycles. The highest BCUT2D eigenvalue weighted by atomic mass is 32.2. The fraction of sp³-hybridized carbons (Fsp3) is 0.294. The van der Waals surface area contributed by atoms with Crippen LogP contribution >= 0.6 is 0 Å². The second kappa shape index (κ2) is 6.36. The van der Waals surface area contributed by atoms with E-state index in [1.54, 1.807) is 31.2 Å². The SMILES string of the molecule is CCS(=O)(=O)c1ccc(OC2=NO[C@@](C)(c3ccc(O)cc3)C2)cn1. The van der Waals surface area contributed by atoms with Crippen LogP contribution in [-0.4, -0.2) is 30.2 Å². The van der Waals surface area contributed by atoms with Crippen molar-refractivity contribution in [2.75, 3.05) is 5.75 Å². The highest BCUT2D eigenvalue weighted by molar-refractivity contribution is 7.91. The molecule has 1 N–H and O–H groups in total. The first-order valence-corrected chi connectivity index (χ1v) is 9.39. The molecule has 2 heterocycles. The van der Waals surface area contributed by atoms with Gasteiger partial charge in [0.1, 0.15) is 11.5 Å². The molecule has 2 aromatic rings. The number of hydrogen-bond donors (Lipinski definition) is 1. The summed E-state index contributed by atoms with van der Waals surface area (Å²) in [5, 5.41) is 13.4. The molecule has 0 unspecified atom stereocenters. The number of phenols is 1. The van der Waals surface area contributed by atoms with Crippen molar-refractivity contribution >= 4 is 15.7 Å². The maximum Gasteiger partial charge on any atom is 0.235 e. The van der Waals surface area contributed by atoms with E-state index in [1.165, 1.54) is 18.3 Å². The van der Waals surface area contributed by atoms with Gasteiger partial charge in [0.2, 0.25) is 5.90 Å². The average Bonchev–Trinajstić information content (AvgIpc) is 2.98. The van der Waals surface area contributed by atoms with Crippen LogP contribution in [0.3, 0.4) is 0 Å². The van der Waals surface area contributed by atoms with E-state index in [9.17, 15) is 13.5 Å². The van der Waals surface area contributed by atoms with Gasteiger partial charge in [-0.1, -0.05) is 24.2 Å². The number of aromatic nitrogens is 1. The van der Waals surface area contributed by atoms with E-state index in [0.717, 1.165) is 5.56 Å². The van der Waals surface area contributed by atoms with Crippen LogP contribution in [-0.2, 0) is 20.3 Å². The van der Waals surface area contributed by atoms with Gasteiger partial charge in [-0.3, -0.25) is 0 Å². The van der Waals surface area contributed by atoms with Gasteiger partial charge in [-0.05, 0) is 36.8 Å². The van der Waals surface area contributed by atoms with Crippen LogP contribution in [0.15, 0.2) is 52.8 Å². The van der Waals surface area contributed by atoms with Gasteiger partial charge in [0, 0.05) is 0 Å². The number of aromatic hydroxyl groups is 1. The van der Waals surface area contributed by atoms with Gasteiger partial charge in [0.05, 0.1) is 18.4 Å². The number of pyridine rings is 1. The van der Waals surface area contributed by atoms with Gasteiger partial charge < -0.3 is 14.7 Å². The number of benzene rings is 1. The molecule has 3 rings (SSSR count). The minimum atomic E-state index is -3.34. The lowest BCUT2D eigenvalue weighted by molar-refractivity contribution is -0.00742. The summed E-state index contributed by atoms with van der Waals surface area (Å²) in [6.45, 7) is 3.44. The molecule has 25 heavy (non-hydrogen) atoms. The Morgan fingerprint density at radius 1 is 1.24 bits per heavy atom. The first kappa shape index (κ1) is 17.2. The zero-order chi connectivity index (χ0) is 18.1. The van der Waals surface area contributed by atoms with Crippen LogP contribution < -0.4 is 4.74 Å². The van der Waals surface area contributed by atoms with Gasteiger partial charge in [-0.15, -0.1) is 0 Å². The Bertz CT molecular complexity index is 892. The second-order valence-electron chi connectivity index (χ2n) is 5.87. The number of oxime groups is 1. The summed E-state index contributed by atoms with van der Waals surface area (Å²) in [4.78, 5) is 9.44. The second-order valence-corrected chi connectivity index (χ2v) is 8.09. The van der Waals surface area contributed by atoms with E-state index < -0.39 is 15.4 Å². The summed E-state index contributed by atoms with van der Waals surface area (Å²) < 4.78 is 29.2. The van der Waals surface area contributed by atoms with Crippen molar-refractivity contribution in [3.63, 3.8) is 0 Å². The Balaban J connectivity index is 1.70. The third-order valence-electron chi connectivity index (χ3n) is 3.96. The molecule has 0 amide bonds. The number of hydrogen-bond acceptors (Lipinski definition) is 7. The lowest BCUT2D eigenvalue weighted by Gasteiger charge is -2.21. The van der Waals surface area contributed by atoms with Gasteiger partial charge >= 0.3 is 0 Å². The minimum absolute atomic E-state index is 0.00820. The molecule has 1 atom stereocenters. The number of phenolic OH excluding ortho intramolecular Hbond substituents is 1. The van der Waals surface area contributed by atoms with E-state index in [2.05, 4.69) is 10.1 Å². The van der Waals surface area contributed by atoms with E-state index in [1.807, 2.05) is 6.92 Å². The van der Waals surface area contributed by atoms with Crippen LogP contribution in [0.25, 0.3) is 0 Å². The van der Waals surface area contributed by atoms with Crippen LogP contribution in [0.2, 0.25) is 0 Å². The average molecular weight is 362 g/mol. The lowest BCUT2D eigenvalue weighted by Crippen LogP contribution is -2.23. The van der Waals surface area contributed by atoms with Crippen molar-refractivity contribution in [2.24, 2.45) is 5.16 Å². The maximum atomic E-state index is 11.8. The van der Waals surface area contributed by atoms with Crippen molar-refractivity contribution in [2.45, 2.75) is 30.9 Å². The Labute approximate surface area is 145 Å². The predicted octanol–water partition coefficient (Wildman–Crippen LogP) is 2.61. The highest BCUT2D eigenvalue weighted by Gasteiger charge is 2.37. The number of nitrogens with zero attached hydrogens (tertiary/aromatic N) is 2. The smallest absolute Gasteiger partial charge is 0.235 e. The molecular formula is C17H18N2O5S. The summed E-state index contributed by atoms with van der Waals surface area (Å²) in [5.41, 5.74) is 0.164. The largest absolute Gasteiger partial charge is 0.508 e. The topological polar surface area (TPSA) is 98.1 Å². The monoisotopic (exact) mass is 362 g/mol. The molecule has 132 valence electrons. The quantitative estimate of drug-likeness (QED) is 0.898. The van der Waals surface area contributed by atoms with E-state index in [0.29, 0.717) is 18.1 Å². The van der Waals surface area contributed by atoms with Gasteiger partial charge in [0.25, 0.3) is 0 Å². The molecule has 0 radical (unpaired) electrons. The third-order valence-corrected chi connectivity index (χ3v) is 5.60. The van der Waals surface area contributed by atoms with Crippen molar-refractivity contribution in [3.8, 4) is 11.5 Å². The Morgan fingerprint density at radius 2 is 1.96 bits per heavy atom. The van der Waals surface area contributed by atoms with Crippen molar-refractivity contribution in [1.29, 1.82) is 0 Å². The zero-order valence-corrected chi connectivity index (χ0v) is 14.7. The Hall–Kier alpha value is -2.61. The van der Waals surface area contributed by atoms with Crippen molar-refractivity contribution in [3.05, 3.63) is 48.2 Å². The minimum Gasteiger partial charge on any atom is -0.508 e. The molecule has 1 aliphatic heterocycles. The summed E-state index contributed by atoms with van der Waals surface area (Å²) in [6.07, 6.45) is 1.74. The molecule has 7 nitrogen and oxygen atoms in total. The first-order chi connectivity index (χ1) is 11.8. The number of ether oxygens (including phenoxy) is 1. The molecule has 1 aliphatic rings. The molecule has 0 bridgehead atoms. The summed E-state index contributed by atoms with van der Waals surface area (Å²) in [7, 11) is -3.34. The van der Waals surface area contributed by atoms with Crippen LogP contribution in [0.4, 0.5) is 0 Å². The lowest BCUT2D eigenvalue weighted by atomic mass is 9.93. The molecule has 1 aromatic carbocycles.